The van der Waals surface area contributed by atoms with Crippen molar-refractivity contribution < 1.29 is 4.39 Å². The molecule has 0 bridgehead atoms. The van der Waals surface area contributed by atoms with E-state index in [9.17, 15) is 4.39 Å². The van der Waals surface area contributed by atoms with Crippen LogP contribution in [-0.2, 0) is 0 Å². The monoisotopic (exact) mass is 185 g/mol. The molecule has 76 valence electrons. The maximum Gasteiger partial charge on any atom is 0.138 e. The average Bonchev–Trinajstić information content (AvgIpc) is 2.14. The molecule has 1 nitrogen and oxygen atoms in total. The second-order valence-corrected chi connectivity index (χ2v) is 4.70. The molecule has 0 aromatic rings. The van der Waals surface area contributed by atoms with Gasteiger partial charge in [-0.05, 0) is 18.3 Å². The van der Waals surface area contributed by atoms with Gasteiger partial charge < -0.3 is 5.32 Å². The van der Waals surface area contributed by atoms with Gasteiger partial charge in [-0.1, -0.05) is 32.6 Å². The van der Waals surface area contributed by atoms with E-state index in [-0.39, 0.29) is 0 Å². The zero-order chi connectivity index (χ0) is 9.31. The van der Waals surface area contributed by atoms with Gasteiger partial charge in [-0.3, -0.25) is 0 Å². The minimum atomic E-state index is -0.846. The second kappa shape index (κ2) is 3.56. The van der Waals surface area contributed by atoms with Gasteiger partial charge in [-0.25, -0.2) is 4.39 Å². The molecular formula is C11H20FN. The topological polar surface area (TPSA) is 12.0 Å². The fourth-order valence-electron chi connectivity index (χ4n) is 3.00. The lowest BCUT2D eigenvalue weighted by Gasteiger charge is -2.46. The Kier molecular flexibility index (Phi) is 2.59. The van der Waals surface area contributed by atoms with Crippen molar-refractivity contribution in [2.45, 2.75) is 44.7 Å². The summed E-state index contributed by atoms with van der Waals surface area (Å²) in [5, 5.41) is 3.07. The molecule has 1 aliphatic carbocycles. The van der Waals surface area contributed by atoms with Crippen LogP contribution in [0.1, 0.15) is 39.0 Å². The van der Waals surface area contributed by atoms with E-state index in [1.165, 1.54) is 19.3 Å². The molecule has 2 unspecified atom stereocenters. The van der Waals surface area contributed by atoms with E-state index in [1.54, 1.807) is 0 Å². The third-order valence-electron chi connectivity index (χ3n) is 3.94. The first-order chi connectivity index (χ1) is 6.26. The molecule has 1 saturated heterocycles. The van der Waals surface area contributed by atoms with Crippen LogP contribution in [0, 0.1) is 11.8 Å². The summed E-state index contributed by atoms with van der Waals surface area (Å²) in [5.41, 5.74) is -0.846. The summed E-state index contributed by atoms with van der Waals surface area (Å²) >= 11 is 0. The molecule has 2 atom stereocenters. The molecule has 1 heterocycles. The average molecular weight is 185 g/mol. The van der Waals surface area contributed by atoms with Crippen LogP contribution in [0.3, 0.4) is 0 Å². The molecule has 2 aliphatic rings. The molecule has 13 heavy (non-hydrogen) atoms. The normalized spacial score (nSPS) is 38.3. The van der Waals surface area contributed by atoms with Crippen LogP contribution in [0.2, 0.25) is 0 Å². The molecule has 2 rings (SSSR count). The van der Waals surface area contributed by atoms with Gasteiger partial charge in [0.2, 0.25) is 0 Å². The standard InChI is InChI=1S/C11H20FN/c1-2-9-5-3-4-6-10(9)11(12)7-13-8-11/h9-10,13H,2-8H2,1H3. The van der Waals surface area contributed by atoms with Crippen LogP contribution < -0.4 is 5.32 Å². The maximum absolute atomic E-state index is 14.2. The molecule has 1 N–H and O–H groups in total. The van der Waals surface area contributed by atoms with Gasteiger partial charge in [0.25, 0.3) is 0 Å². The van der Waals surface area contributed by atoms with Crippen molar-refractivity contribution in [3.05, 3.63) is 0 Å². The van der Waals surface area contributed by atoms with E-state index in [2.05, 4.69) is 12.2 Å². The summed E-state index contributed by atoms with van der Waals surface area (Å²) in [6.45, 7) is 3.42. The van der Waals surface area contributed by atoms with E-state index in [0.29, 0.717) is 24.9 Å². The minimum absolute atomic E-state index is 0.354. The summed E-state index contributed by atoms with van der Waals surface area (Å²) in [4.78, 5) is 0. The number of hydrogen-bond acceptors (Lipinski definition) is 1. The van der Waals surface area contributed by atoms with E-state index in [4.69, 9.17) is 0 Å². The highest BCUT2D eigenvalue weighted by atomic mass is 19.1. The fraction of sp³-hybridized carbons (Fsp3) is 1.00. The van der Waals surface area contributed by atoms with E-state index >= 15 is 0 Å². The number of halogens is 1. The second-order valence-electron chi connectivity index (χ2n) is 4.70. The fourth-order valence-corrected chi connectivity index (χ4v) is 3.00. The van der Waals surface area contributed by atoms with Crippen LogP contribution in [0.5, 0.6) is 0 Å². The van der Waals surface area contributed by atoms with E-state index < -0.39 is 5.67 Å². The van der Waals surface area contributed by atoms with Crippen molar-refractivity contribution in [3.8, 4) is 0 Å². The number of nitrogens with one attached hydrogen (secondary N) is 1. The molecule has 0 amide bonds. The van der Waals surface area contributed by atoms with Gasteiger partial charge in [0.05, 0.1) is 0 Å². The Morgan fingerprint density at radius 2 is 2.00 bits per heavy atom. The van der Waals surface area contributed by atoms with Crippen molar-refractivity contribution in [2.75, 3.05) is 13.1 Å². The Morgan fingerprint density at radius 1 is 1.31 bits per heavy atom. The van der Waals surface area contributed by atoms with Crippen molar-refractivity contribution in [1.29, 1.82) is 0 Å². The van der Waals surface area contributed by atoms with Gasteiger partial charge in [0.15, 0.2) is 0 Å². The third-order valence-corrected chi connectivity index (χ3v) is 3.94. The van der Waals surface area contributed by atoms with E-state index in [1.807, 2.05) is 0 Å². The summed E-state index contributed by atoms with van der Waals surface area (Å²) in [6, 6.07) is 0. The highest BCUT2D eigenvalue weighted by Crippen LogP contribution is 2.42. The lowest BCUT2D eigenvalue weighted by molar-refractivity contribution is -0.0242. The Bertz CT molecular complexity index is 177. The molecule has 2 heteroatoms. The third kappa shape index (κ3) is 1.61. The van der Waals surface area contributed by atoms with Crippen molar-refractivity contribution in [3.63, 3.8) is 0 Å². The van der Waals surface area contributed by atoms with Crippen LogP contribution in [0.4, 0.5) is 4.39 Å². The molecule has 0 aromatic carbocycles. The predicted molar refractivity (Wildman–Crippen MR) is 52.4 cm³/mol. The summed E-state index contributed by atoms with van der Waals surface area (Å²) in [7, 11) is 0. The molecule has 1 aliphatic heterocycles. The Balaban J connectivity index is 2.01. The maximum atomic E-state index is 14.2. The largest absolute Gasteiger partial charge is 0.310 e. The predicted octanol–water partition coefficient (Wildman–Crippen LogP) is 2.51. The summed E-state index contributed by atoms with van der Waals surface area (Å²) in [5.74, 6) is 1.01. The lowest BCUT2D eigenvalue weighted by atomic mass is 9.68. The van der Waals surface area contributed by atoms with Crippen molar-refractivity contribution in [1.82, 2.24) is 5.32 Å². The zero-order valence-electron chi connectivity index (χ0n) is 8.48. The van der Waals surface area contributed by atoms with Gasteiger partial charge >= 0.3 is 0 Å². The summed E-state index contributed by atoms with van der Waals surface area (Å²) < 4.78 is 14.2. The Hall–Kier alpha value is -0.110. The van der Waals surface area contributed by atoms with Crippen LogP contribution >= 0.6 is 0 Å². The molecular weight excluding hydrogens is 165 g/mol. The van der Waals surface area contributed by atoms with Crippen molar-refractivity contribution >= 4 is 0 Å². The molecule has 0 radical (unpaired) electrons. The smallest absolute Gasteiger partial charge is 0.138 e. The molecule has 0 spiro atoms. The van der Waals surface area contributed by atoms with Gasteiger partial charge in [-0.15, -0.1) is 0 Å². The van der Waals surface area contributed by atoms with Gasteiger partial charge in [-0.2, -0.15) is 0 Å². The van der Waals surface area contributed by atoms with Crippen LogP contribution in [0.15, 0.2) is 0 Å². The van der Waals surface area contributed by atoms with Gasteiger partial charge in [0.1, 0.15) is 5.67 Å². The number of rotatable bonds is 2. The van der Waals surface area contributed by atoms with Crippen LogP contribution in [0.25, 0.3) is 0 Å². The lowest BCUT2D eigenvalue weighted by Crippen LogP contribution is -2.62. The van der Waals surface area contributed by atoms with Gasteiger partial charge in [0, 0.05) is 13.1 Å². The van der Waals surface area contributed by atoms with Crippen LogP contribution in [-0.4, -0.2) is 18.8 Å². The summed E-state index contributed by atoms with van der Waals surface area (Å²) in [6.07, 6.45) is 6.10. The first kappa shape index (κ1) is 9.45. The number of hydrogen-bond donors (Lipinski definition) is 1. The molecule has 2 fully saturated rings. The number of alkyl halides is 1. The quantitative estimate of drug-likeness (QED) is 0.697. The minimum Gasteiger partial charge on any atom is -0.310 e. The van der Waals surface area contributed by atoms with E-state index in [0.717, 1.165) is 12.8 Å². The Morgan fingerprint density at radius 3 is 2.54 bits per heavy atom. The van der Waals surface area contributed by atoms with Crippen molar-refractivity contribution in [2.24, 2.45) is 11.8 Å². The molecule has 1 saturated carbocycles. The SMILES string of the molecule is CCC1CCCCC1C1(F)CNC1. The highest BCUT2D eigenvalue weighted by molar-refractivity contribution is 5.01. The zero-order valence-corrected chi connectivity index (χ0v) is 8.48. The Labute approximate surface area is 80.1 Å². The first-order valence-corrected chi connectivity index (χ1v) is 5.66. The first-order valence-electron chi connectivity index (χ1n) is 5.66. The highest BCUT2D eigenvalue weighted by Gasteiger charge is 2.47. The molecule has 0 aromatic heterocycles.